The number of rotatable bonds is 7. The Kier molecular flexibility index (Phi) is 7.39. The van der Waals surface area contributed by atoms with Gasteiger partial charge in [0, 0.05) is 31.9 Å². The van der Waals surface area contributed by atoms with Gasteiger partial charge >= 0.3 is 0 Å². The molecule has 0 radical (unpaired) electrons. The molecular weight excluding hydrogens is 555 g/mol. The molecule has 212 valence electrons. The highest BCUT2D eigenvalue weighted by Crippen LogP contribution is 2.68. The first-order chi connectivity index (χ1) is 18.8. The lowest BCUT2D eigenvalue weighted by atomic mass is 9.43. The van der Waals surface area contributed by atoms with Crippen LogP contribution in [-0.2, 0) is 11.6 Å². The summed E-state index contributed by atoms with van der Waals surface area (Å²) in [7, 11) is -0.361. The van der Waals surface area contributed by atoms with Crippen LogP contribution in [0.3, 0.4) is 0 Å². The molecule has 3 aromatic rings. The molecule has 4 bridgehead atoms. The second kappa shape index (κ2) is 10.2. The molecule has 0 N–H and O–H groups in total. The third kappa shape index (κ3) is 4.94. The molecule has 0 saturated heterocycles. The topological polar surface area (TPSA) is 25.8 Å². The highest BCUT2D eigenvalue weighted by Gasteiger charge is 2.62. The largest absolute Gasteiger partial charge is 0.256 e. The Labute approximate surface area is 248 Å². The summed E-state index contributed by atoms with van der Waals surface area (Å²) < 4.78 is 0. The van der Waals surface area contributed by atoms with Gasteiger partial charge in [0.1, 0.15) is 0 Å². The van der Waals surface area contributed by atoms with Crippen molar-refractivity contribution in [1.29, 1.82) is 0 Å². The van der Waals surface area contributed by atoms with Gasteiger partial charge in [-0.15, -0.1) is 9.24 Å². The second-order valence-electron chi connectivity index (χ2n) is 15.4. The first-order valence-electron chi connectivity index (χ1n) is 15.4. The average Bonchev–Trinajstić information content (AvgIpc) is 2.89. The van der Waals surface area contributed by atoms with Crippen LogP contribution in [0.1, 0.15) is 50.2 Å². The molecule has 40 heavy (non-hydrogen) atoms. The number of aromatic nitrogens is 2. The summed E-state index contributed by atoms with van der Waals surface area (Å²) in [6.45, 7) is 18.0. The van der Waals surface area contributed by atoms with Crippen LogP contribution >= 0.6 is 17.2 Å². The quantitative estimate of drug-likeness (QED) is 0.217. The minimum atomic E-state index is -1.57. The summed E-state index contributed by atoms with van der Waals surface area (Å²) in [5, 5.41) is 3.70. The van der Waals surface area contributed by atoms with Crippen LogP contribution in [0.2, 0.25) is 39.3 Å². The second-order valence-corrected chi connectivity index (χ2v) is 28.8. The minimum absolute atomic E-state index is 0.253. The molecule has 0 spiro atoms. The fourth-order valence-electron chi connectivity index (χ4n) is 8.74. The first kappa shape index (κ1) is 28.9. The zero-order chi connectivity index (χ0) is 28.5. The Balaban J connectivity index is 1.60. The van der Waals surface area contributed by atoms with Crippen LogP contribution in [0.5, 0.6) is 0 Å². The standard InChI is InChI=1S/C34H48N2P2Si2/c1-33(37)27-17-24-16-25(18-27)22-34(33,21-24)28-20-30(40(5,6)7)29(39(2,3)4)19-26(28)23-38(31-12-8-10-14-35-31)32-13-9-11-15-36-32/h8-15,19-20,24-25,27H,16-18,21-23,37H2,1-7H3. The van der Waals surface area contributed by atoms with Gasteiger partial charge in [-0.1, -0.05) is 80.8 Å². The smallest absolute Gasteiger partial charge is 0.0774 e. The molecule has 1 aromatic carbocycles. The van der Waals surface area contributed by atoms with E-state index >= 15 is 0 Å². The van der Waals surface area contributed by atoms with Gasteiger partial charge in [0.25, 0.3) is 0 Å². The van der Waals surface area contributed by atoms with E-state index in [9.17, 15) is 0 Å². The van der Waals surface area contributed by atoms with E-state index in [-0.39, 0.29) is 10.6 Å². The summed E-state index contributed by atoms with van der Waals surface area (Å²) in [5.41, 5.74) is 5.97. The Bertz CT molecular complexity index is 1330. The lowest BCUT2D eigenvalue weighted by molar-refractivity contribution is -0.0357. The number of nitrogens with zero attached hydrogens (tertiary/aromatic N) is 2. The normalized spacial score (nSPS) is 29.8. The molecule has 2 nitrogen and oxygen atoms in total. The van der Waals surface area contributed by atoms with Crippen LogP contribution in [-0.4, -0.2) is 31.3 Å². The molecule has 2 heterocycles. The van der Waals surface area contributed by atoms with E-state index in [1.165, 1.54) is 43.0 Å². The van der Waals surface area contributed by atoms with Crippen molar-refractivity contribution >= 4 is 54.6 Å². The fourth-order valence-corrected chi connectivity index (χ4v) is 16.7. The van der Waals surface area contributed by atoms with Crippen molar-refractivity contribution in [2.75, 3.05) is 0 Å². The van der Waals surface area contributed by atoms with E-state index in [0.717, 1.165) is 23.9 Å². The maximum absolute atomic E-state index is 4.93. The summed E-state index contributed by atoms with van der Waals surface area (Å²) in [6.07, 6.45) is 12.1. The molecule has 4 aliphatic rings. The third-order valence-corrected chi connectivity index (χ3v) is 18.2. The Morgan fingerprint density at radius 3 is 1.80 bits per heavy atom. The first-order valence-corrected chi connectivity index (χ1v) is 24.5. The Morgan fingerprint density at radius 2 is 1.32 bits per heavy atom. The summed E-state index contributed by atoms with van der Waals surface area (Å²) in [5.74, 6) is 2.63. The highest BCUT2D eigenvalue weighted by atomic mass is 31.1. The summed E-state index contributed by atoms with van der Waals surface area (Å²) in [6, 6.07) is 18.4. The predicted molar refractivity (Wildman–Crippen MR) is 184 cm³/mol. The van der Waals surface area contributed by atoms with Crippen LogP contribution in [0.25, 0.3) is 0 Å². The van der Waals surface area contributed by atoms with Gasteiger partial charge in [0.05, 0.1) is 27.0 Å². The van der Waals surface area contributed by atoms with Gasteiger partial charge in [0.2, 0.25) is 0 Å². The van der Waals surface area contributed by atoms with Gasteiger partial charge in [-0.05, 0) is 90.4 Å². The number of hydrogen-bond acceptors (Lipinski definition) is 2. The van der Waals surface area contributed by atoms with Crippen molar-refractivity contribution in [3.8, 4) is 0 Å². The fraction of sp³-hybridized carbons (Fsp3) is 0.529. The predicted octanol–water partition coefficient (Wildman–Crippen LogP) is 6.91. The zero-order valence-corrected chi connectivity index (χ0v) is 29.7. The Morgan fingerprint density at radius 1 is 0.800 bits per heavy atom. The molecular formula is C34H48N2P2Si2. The molecule has 7 rings (SSSR count). The molecule has 4 atom stereocenters. The van der Waals surface area contributed by atoms with Crippen LogP contribution < -0.4 is 21.2 Å². The molecule has 4 unspecified atom stereocenters. The van der Waals surface area contributed by atoms with E-state index in [1.807, 2.05) is 24.5 Å². The van der Waals surface area contributed by atoms with Gasteiger partial charge < -0.3 is 0 Å². The van der Waals surface area contributed by atoms with Crippen molar-refractivity contribution in [2.24, 2.45) is 17.8 Å². The lowest BCUT2D eigenvalue weighted by Gasteiger charge is -2.66. The maximum atomic E-state index is 4.93. The van der Waals surface area contributed by atoms with Crippen molar-refractivity contribution < 1.29 is 0 Å². The van der Waals surface area contributed by atoms with Crippen LogP contribution in [0, 0.1) is 17.8 Å². The van der Waals surface area contributed by atoms with Gasteiger partial charge in [0.15, 0.2) is 0 Å². The van der Waals surface area contributed by atoms with E-state index in [0.29, 0.717) is 0 Å². The van der Waals surface area contributed by atoms with E-state index < -0.39 is 24.1 Å². The maximum Gasteiger partial charge on any atom is 0.0774 e. The highest BCUT2D eigenvalue weighted by molar-refractivity contribution is 7.71. The monoisotopic (exact) mass is 602 g/mol. The zero-order valence-electron chi connectivity index (χ0n) is 25.7. The summed E-state index contributed by atoms with van der Waals surface area (Å²) >= 11 is 0. The number of hydrogen-bond donors (Lipinski definition) is 0. The molecule has 4 aliphatic carbocycles. The summed E-state index contributed by atoms with van der Waals surface area (Å²) in [4.78, 5) is 9.86. The van der Waals surface area contributed by atoms with Crippen molar-refractivity contribution in [1.82, 2.24) is 9.97 Å². The van der Waals surface area contributed by atoms with Crippen LogP contribution in [0.4, 0.5) is 0 Å². The number of pyridine rings is 2. The number of benzene rings is 1. The molecule has 6 heteroatoms. The van der Waals surface area contributed by atoms with Gasteiger partial charge in [-0.3, -0.25) is 9.97 Å². The average molecular weight is 603 g/mol. The molecule has 2 aromatic heterocycles. The minimum Gasteiger partial charge on any atom is -0.256 e. The van der Waals surface area contributed by atoms with Crippen LogP contribution in [0.15, 0.2) is 60.9 Å². The van der Waals surface area contributed by atoms with E-state index in [2.05, 4.69) is 91.8 Å². The van der Waals surface area contributed by atoms with Crippen molar-refractivity contribution in [3.05, 3.63) is 72.1 Å². The van der Waals surface area contributed by atoms with Crippen molar-refractivity contribution in [3.63, 3.8) is 0 Å². The molecule has 0 aliphatic heterocycles. The third-order valence-electron chi connectivity index (χ3n) is 10.6. The van der Waals surface area contributed by atoms with Crippen molar-refractivity contribution in [2.45, 2.75) is 95.0 Å². The van der Waals surface area contributed by atoms with E-state index in [4.69, 9.17) is 9.97 Å². The lowest BCUT2D eigenvalue weighted by Crippen LogP contribution is -2.64. The molecule has 4 fully saturated rings. The molecule has 4 saturated carbocycles. The van der Waals surface area contributed by atoms with E-state index in [1.54, 1.807) is 21.5 Å². The molecule has 0 amide bonds. The SMILES string of the molecule is CC1(P)C2CC3CC(C2)CC1(c1cc([Si](C)(C)C)c([Si](C)(C)C)cc1CP(c1ccccn1)c1ccccn1)C3. The Hall–Kier alpha value is -1.19. The van der Waals surface area contributed by atoms with Gasteiger partial charge in [-0.25, -0.2) is 0 Å². The van der Waals surface area contributed by atoms with Gasteiger partial charge in [-0.2, -0.15) is 0 Å².